The van der Waals surface area contributed by atoms with Gasteiger partial charge < -0.3 is 14.5 Å². The monoisotopic (exact) mass is 377 g/mol. The van der Waals surface area contributed by atoms with Crippen LogP contribution >= 0.6 is 22.6 Å². The molecule has 0 unspecified atom stereocenters. The van der Waals surface area contributed by atoms with Crippen molar-refractivity contribution in [3.8, 4) is 5.88 Å². The number of pyridine rings is 1. The molecule has 5 nitrogen and oxygen atoms in total. The molecule has 0 aliphatic heterocycles. The van der Waals surface area contributed by atoms with E-state index in [1.807, 2.05) is 0 Å². The van der Waals surface area contributed by atoms with Crippen molar-refractivity contribution in [1.29, 1.82) is 0 Å². The predicted octanol–water partition coefficient (Wildman–Crippen LogP) is 2.05. The van der Waals surface area contributed by atoms with Crippen LogP contribution in [-0.4, -0.2) is 23.9 Å². The van der Waals surface area contributed by atoms with Gasteiger partial charge in [0.25, 0.3) is 0 Å². The zero-order chi connectivity index (χ0) is 13.9. The van der Waals surface area contributed by atoms with Gasteiger partial charge >= 0.3 is 12.3 Å². The lowest BCUT2D eigenvalue weighted by molar-refractivity contribution is -0.276. The summed E-state index contributed by atoms with van der Waals surface area (Å²) in [5.41, 5.74) is -1.14. The lowest BCUT2D eigenvalue weighted by Crippen LogP contribution is -2.22. The van der Waals surface area contributed by atoms with Crippen molar-refractivity contribution in [1.82, 2.24) is 4.98 Å². The third kappa shape index (κ3) is 3.89. The van der Waals surface area contributed by atoms with Gasteiger partial charge in [-0.05, 0) is 29.5 Å². The Bertz CT molecular complexity index is 512. The van der Waals surface area contributed by atoms with E-state index in [-0.39, 0.29) is 15.9 Å². The molecule has 1 N–H and O–H groups in total. The average Bonchev–Trinajstić information content (AvgIpc) is 2.21. The van der Waals surface area contributed by atoms with Gasteiger partial charge in [0.2, 0.25) is 5.88 Å². The van der Waals surface area contributed by atoms with Crippen LogP contribution in [0.2, 0.25) is 0 Å². The summed E-state index contributed by atoms with van der Waals surface area (Å²) in [5.74, 6) is -1.79. The molecule has 0 fully saturated rings. The summed E-state index contributed by atoms with van der Waals surface area (Å²) in [6, 6.07) is 0.609. The number of aromatic amines is 1. The number of nitrogens with one attached hydrogen (secondary N) is 1. The number of ether oxygens (including phenoxy) is 2. The largest absolute Gasteiger partial charge is 0.574 e. The van der Waals surface area contributed by atoms with E-state index in [4.69, 9.17) is 0 Å². The molecule has 0 aliphatic carbocycles. The third-order valence-electron chi connectivity index (χ3n) is 1.65. The number of rotatable bonds is 3. The molecule has 0 radical (unpaired) electrons. The second kappa shape index (κ2) is 5.59. The lowest BCUT2D eigenvalue weighted by atomic mass is 10.3. The van der Waals surface area contributed by atoms with Gasteiger partial charge in [-0.1, -0.05) is 0 Å². The number of alkyl halides is 3. The van der Waals surface area contributed by atoms with E-state index in [9.17, 15) is 22.8 Å². The van der Waals surface area contributed by atoms with Crippen molar-refractivity contribution < 1.29 is 27.4 Å². The SMILES string of the molecule is CCOC(=O)c1[nH]c(OC(F)(F)F)cc(=O)c1I. The molecule has 0 aromatic carbocycles. The average molecular weight is 377 g/mol. The smallest absolute Gasteiger partial charge is 0.461 e. The minimum atomic E-state index is -4.96. The number of hydrogen-bond acceptors (Lipinski definition) is 4. The maximum absolute atomic E-state index is 12.0. The first-order valence-corrected chi connectivity index (χ1v) is 5.68. The standard InChI is InChI=1S/C9H7F3INO4/c1-2-17-8(16)7-6(13)4(15)3-5(14-7)18-9(10,11)12/h3H,2H2,1H3,(H,14,15). The maximum Gasteiger partial charge on any atom is 0.574 e. The molecule has 0 saturated carbocycles. The Morgan fingerprint density at radius 3 is 2.61 bits per heavy atom. The highest BCUT2D eigenvalue weighted by Crippen LogP contribution is 2.21. The number of esters is 1. The van der Waals surface area contributed by atoms with Gasteiger partial charge in [0.05, 0.1) is 10.2 Å². The number of halogens is 4. The van der Waals surface area contributed by atoms with E-state index in [1.165, 1.54) is 29.5 Å². The normalized spacial score (nSPS) is 11.2. The fourth-order valence-electron chi connectivity index (χ4n) is 1.04. The molecule has 1 rings (SSSR count). The summed E-state index contributed by atoms with van der Waals surface area (Å²) >= 11 is 1.53. The van der Waals surface area contributed by atoms with Gasteiger partial charge in [0.1, 0.15) is 5.69 Å². The molecule has 1 heterocycles. The van der Waals surface area contributed by atoms with Crippen molar-refractivity contribution >= 4 is 28.6 Å². The van der Waals surface area contributed by atoms with Crippen LogP contribution < -0.4 is 10.2 Å². The maximum atomic E-state index is 12.0. The van der Waals surface area contributed by atoms with Crippen LogP contribution in [-0.2, 0) is 4.74 Å². The van der Waals surface area contributed by atoms with Crippen LogP contribution in [0.25, 0.3) is 0 Å². The Morgan fingerprint density at radius 1 is 1.50 bits per heavy atom. The van der Waals surface area contributed by atoms with E-state index in [0.717, 1.165) is 0 Å². The van der Waals surface area contributed by atoms with Crippen LogP contribution in [0.3, 0.4) is 0 Å². The van der Waals surface area contributed by atoms with E-state index in [2.05, 4.69) is 14.5 Å². The van der Waals surface area contributed by atoms with Crippen molar-refractivity contribution in [2.75, 3.05) is 6.61 Å². The topological polar surface area (TPSA) is 68.4 Å². The predicted molar refractivity (Wildman–Crippen MR) is 62.4 cm³/mol. The van der Waals surface area contributed by atoms with Crippen LogP contribution in [0.15, 0.2) is 10.9 Å². The molecular weight excluding hydrogens is 370 g/mol. The van der Waals surface area contributed by atoms with Gasteiger partial charge in [-0.2, -0.15) is 0 Å². The number of hydrogen-bond donors (Lipinski definition) is 1. The Morgan fingerprint density at radius 2 is 2.11 bits per heavy atom. The summed E-state index contributed by atoms with van der Waals surface area (Å²) in [6.45, 7) is 1.56. The molecule has 18 heavy (non-hydrogen) atoms. The molecule has 0 amide bonds. The Hall–Kier alpha value is -1.26. The quantitative estimate of drug-likeness (QED) is 0.647. The molecule has 0 saturated heterocycles. The van der Waals surface area contributed by atoms with Crippen LogP contribution in [0.5, 0.6) is 5.88 Å². The highest BCUT2D eigenvalue weighted by molar-refractivity contribution is 14.1. The second-order valence-electron chi connectivity index (χ2n) is 2.96. The van der Waals surface area contributed by atoms with E-state index >= 15 is 0 Å². The summed E-state index contributed by atoms with van der Waals surface area (Å²) in [7, 11) is 0. The van der Waals surface area contributed by atoms with E-state index in [1.54, 1.807) is 0 Å². The first-order valence-electron chi connectivity index (χ1n) is 4.60. The number of carbonyl (C=O) groups excluding carboxylic acids is 1. The van der Waals surface area contributed by atoms with Crippen LogP contribution in [0.1, 0.15) is 17.4 Å². The summed E-state index contributed by atoms with van der Waals surface area (Å²) < 4.78 is 44.0. The highest BCUT2D eigenvalue weighted by atomic mass is 127. The molecule has 100 valence electrons. The van der Waals surface area contributed by atoms with Crippen LogP contribution in [0.4, 0.5) is 13.2 Å². The Balaban J connectivity index is 3.19. The van der Waals surface area contributed by atoms with Gasteiger partial charge in [0, 0.05) is 6.07 Å². The molecule has 1 aromatic rings. The first kappa shape index (κ1) is 14.8. The second-order valence-corrected chi connectivity index (χ2v) is 4.03. The molecule has 0 spiro atoms. The number of aromatic nitrogens is 1. The molecule has 1 aromatic heterocycles. The minimum Gasteiger partial charge on any atom is -0.461 e. The molecule has 0 bridgehead atoms. The van der Waals surface area contributed by atoms with E-state index in [0.29, 0.717) is 6.07 Å². The van der Waals surface area contributed by atoms with Crippen LogP contribution in [0, 0.1) is 3.57 Å². The van der Waals surface area contributed by atoms with Crippen molar-refractivity contribution in [2.24, 2.45) is 0 Å². The van der Waals surface area contributed by atoms with Crippen molar-refractivity contribution in [3.05, 3.63) is 25.6 Å². The summed E-state index contributed by atoms with van der Waals surface area (Å²) in [5, 5.41) is 0. The highest BCUT2D eigenvalue weighted by Gasteiger charge is 2.32. The Kier molecular flexibility index (Phi) is 4.59. The third-order valence-corrected chi connectivity index (χ3v) is 2.72. The summed E-state index contributed by atoms with van der Waals surface area (Å²) in [6.07, 6.45) is -4.96. The van der Waals surface area contributed by atoms with Crippen molar-refractivity contribution in [3.63, 3.8) is 0 Å². The first-order chi connectivity index (χ1) is 8.24. The summed E-state index contributed by atoms with van der Waals surface area (Å²) in [4.78, 5) is 24.8. The van der Waals surface area contributed by atoms with Crippen molar-refractivity contribution in [2.45, 2.75) is 13.3 Å². The lowest BCUT2D eigenvalue weighted by Gasteiger charge is -2.10. The number of carbonyl (C=O) groups is 1. The zero-order valence-electron chi connectivity index (χ0n) is 8.93. The fourth-order valence-corrected chi connectivity index (χ4v) is 1.55. The van der Waals surface area contributed by atoms with Gasteiger partial charge in [-0.3, -0.25) is 4.79 Å². The molecule has 0 aliphatic rings. The van der Waals surface area contributed by atoms with Gasteiger partial charge in [-0.25, -0.2) is 4.79 Å². The number of H-pyrrole nitrogens is 1. The molecule has 0 atom stereocenters. The molecule has 9 heteroatoms. The zero-order valence-corrected chi connectivity index (χ0v) is 11.1. The van der Waals surface area contributed by atoms with Gasteiger partial charge in [0.15, 0.2) is 5.43 Å². The Labute approximate surface area is 112 Å². The molecular formula is C9H7F3INO4. The fraction of sp³-hybridized carbons (Fsp3) is 0.333. The van der Waals surface area contributed by atoms with E-state index < -0.39 is 23.6 Å². The van der Waals surface area contributed by atoms with Gasteiger partial charge in [-0.15, -0.1) is 13.2 Å². The minimum absolute atomic E-state index is 0.0291.